The summed E-state index contributed by atoms with van der Waals surface area (Å²) in [6.45, 7) is 4.72. The van der Waals surface area contributed by atoms with Gasteiger partial charge in [-0.25, -0.2) is 0 Å². The molecular weight excluding hydrogens is 394 g/mol. The lowest BCUT2D eigenvalue weighted by atomic mass is 9.99. The summed E-state index contributed by atoms with van der Waals surface area (Å²) in [4.78, 5) is 14.7. The van der Waals surface area contributed by atoms with Gasteiger partial charge in [-0.1, -0.05) is 61.2 Å². The lowest BCUT2D eigenvalue weighted by Crippen LogP contribution is -2.38. The molecule has 0 bridgehead atoms. The molecular formula is C23H25N5OS. The molecule has 1 aliphatic heterocycles. The molecule has 6 nitrogen and oxygen atoms in total. The minimum atomic E-state index is 0.191. The first kappa shape index (κ1) is 19.2. The van der Waals surface area contributed by atoms with Crippen LogP contribution < -0.4 is 0 Å². The average molecular weight is 420 g/mol. The second kappa shape index (κ2) is 8.14. The fraction of sp³-hybridized carbons (Fsp3) is 0.348. The van der Waals surface area contributed by atoms with Gasteiger partial charge in [0.15, 0.2) is 5.16 Å². The fourth-order valence-corrected chi connectivity index (χ4v) is 4.97. The third kappa shape index (κ3) is 3.58. The average Bonchev–Trinajstić information content (AvgIpc) is 3.33. The van der Waals surface area contributed by atoms with E-state index in [0.29, 0.717) is 11.7 Å². The number of hydrogen-bond acceptors (Lipinski definition) is 4. The number of benzene rings is 2. The zero-order valence-electron chi connectivity index (χ0n) is 17.1. The van der Waals surface area contributed by atoms with Gasteiger partial charge in [-0.05, 0) is 36.5 Å². The first-order valence-corrected chi connectivity index (χ1v) is 11.5. The number of carbonyl (C=O) groups is 1. The summed E-state index contributed by atoms with van der Waals surface area (Å²) in [7, 11) is 0. The largest absolute Gasteiger partial charge is 0.342 e. The van der Waals surface area contributed by atoms with E-state index in [1.165, 1.54) is 17.3 Å². The summed E-state index contributed by atoms with van der Waals surface area (Å²) in [6.07, 6.45) is 2.19. The Labute approximate surface area is 179 Å². The number of imidazole rings is 1. The van der Waals surface area contributed by atoms with Gasteiger partial charge in [0.2, 0.25) is 11.7 Å². The Hall–Kier alpha value is -2.80. The Bertz CT molecular complexity index is 1170. The number of carbonyl (C=O) groups excluding carboxylic acids is 1. The molecule has 0 atom stereocenters. The molecule has 3 heterocycles. The van der Waals surface area contributed by atoms with Crippen LogP contribution in [0.15, 0.2) is 59.8 Å². The Morgan fingerprint density at radius 3 is 2.47 bits per heavy atom. The standard InChI is InChI=1S/C23H25N5OS/c1-17-11-13-26(14-12-17)21(29)16-30-23-25-24-22-27(15-18-7-3-2-4-8-18)19-9-5-6-10-20(19)28(22)23/h2-10,17H,11-16H2,1H3. The first-order valence-electron chi connectivity index (χ1n) is 10.5. The molecule has 154 valence electrons. The number of amides is 1. The zero-order chi connectivity index (χ0) is 20.5. The minimum absolute atomic E-state index is 0.191. The van der Waals surface area contributed by atoms with Crippen molar-refractivity contribution < 1.29 is 4.79 Å². The third-order valence-electron chi connectivity index (χ3n) is 5.92. The molecule has 0 unspecified atom stereocenters. The molecule has 1 amide bonds. The Kier molecular flexibility index (Phi) is 5.21. The molecule has 0 N–H and O–H groups in total. The van der Waals surface area contributed by atoms with Crippen molar-refractivity contribution in [1.29, 1.82) is 0 Å². The van der Waals surface area contributed by atoms with Crippen LogP contribution >= 0.6 is 11.8 Å². The van der Waals surface area contributed by atoms with Crippen molar-refractivity contribution in [2.75, 3.05) is 18.8 Å². The van der Waals surface area contributed by atoms with Crippen LogP contribution in [-0.4, -0.2) is 48.8 Å². The number of aromatic nitrogens is 4. The van der Waals surface area contributed by atoms with E-state index in [2.05, 4.69) is 62.5 Å². The molecule has 0 aliphatic carbocycles. The summed E-state index contributed by atoms with van der Waals surface area (Å²) in [6, 6.07) is 18.6. The van der Waals surface area contributed by atoms with Crippen LogP contribution in [0.4, 0.5) is 0 Å². The van der Waals surface area contributed by atoms with Gasteiger partial charge in [0.05, 0.1) is 23.3 Å². The number of hydrogen-bond donors (Lipinski definition) is 0. The summed E-state index contributed by atoms with van der Waals surface area (Å²) in [5, 5.41) is 9.67. The van der Waals surface area contributed by atoms with Crippen molar-refractivity contribution in [3.8, 4) is 0 Å². The molecule has 7 heteroatoms. The van der Waals surface area contributed by atoms with E-state index in [-0.39, 0.29) is 5.91 Å². The quantitative estimate of drug-likeness (QED) is 0.458. The molecule has 2 aromatic heterocycles. The van der Waals surface area contributed by atoms with Gasteiger partial charge in [0, 0.05) is 13.1 Å². The molecule has 5 rings (SSSR count). The highest BCUT2D eigenvalue weighted by Crippen LogP contribution is 2.27. The highest BCUT2D eigenvalue weighted by atomic mass is 32.2. The molecule has 1 fully saturated rings. The van der Waals surface area contributed by atoms with E-state index in [9.17, 15) is 4.79 Å². The fourth-order valence-electron chi connectivity index (χ4n) is 4.13. The minimum Gasteiger partial charge on any atom is -0.342 e. The zero-order valence-corrected chi connectivity index (χ0v) is 17.9. The lowest BCUT2D eigenvalue weighted by molar-refractivity contribution is -0.129. The Balaban J connectivity index is 1.43. The SMILES string of the molecule is CC1CCN(C(=O)CSc2nnc3n(Cc4ccccc4)c4ccccc4n23)CC1. The predicted molar refractivity (Wildman–Crippen MR) is 120 cm³/mol. The van der Waals surface area contributed by atoms with Crippen molar-refractivity contribution in [1.82, 2.24) is 24.1 Å². The normalized spacial score (nSPS) is 15.3. The molecule has 0 spiro atoms. The van der Waals surface area contributed by atoms with Gasteiger partial charge in [-0.15, -0.1) is 10.2 Å². The molecule has 30 heavy (non-hydrogen) atoms. The number of nitrogens with zero attached hydrogens (tertiary/aromatic N) is 5. The van der Waals surface area contributed by atoms with Crippen LogP contribution in [0, 0.1) is 5.92 Å². The van der Waals surface area contributed by atoms with Crippen molar-refractivity contribution in [3.05, 3.63) is 60.2 Å². The molecule has 1 saturated heterocycles. The van der Waals surface area contributed by atoms with Crippen LogP contribution in [0.3, 0.4) is 0 Å². The van der Waals surface area contributed by atoms with Gasteiger partial charge in [0.25, 0.3) is 0 Å². The number of rotatable bonds is 5. The highest BCUT2D eigenvalue weighted by molar-refractivity contribution is 7.99. The van der Waals surface area contributed by atoms with E-state index in [1.54, 1.807) is 0 Å². The molecule has 1 aliphatic rings. The number of thioether (sulfide) groups is 1. The molecule has 0 saturated carbocycles. The lowest BCUT2D eigenvalue weighted by Gasteiger charge is -2.30. The maximum absolute atomic E-state index is 12.7. The second-order valence-corrected chi connectivity index (χ2v) is 8.97. The van der Waals surface area contributed by atoms with Gasteiger partial charge >= 0.3 is 0 Å². The summed E-state index contributed by atoms with van der Waals surface area (Å²) in [5.74, 6) is 2.11. The first-order chi connectivity index (χ1) is 14.7. The smallest absolute Gasteiger partial charge is 0.237 e. The van der Waals surface area contributed by atoms with E-state index >= 15 is 0 Å². The predicted octanol–water partition coefficient (Wildman–Crippen LogP) is 4.08. The third-order valence-corrected chi connectivity index (χ3v) is 6.83. The van der Waals surface area contributed by atoms with E-state index < -0.39 is 0 Å². The van der Waals surface area contributed by atoms with Crippen molar-refractivity contribution in [2.45, 2.75) is 31.5 Å². The number of para-hydroxylation sites is 2. The van der Waals surface area contributed by atoms with E-state index in [4.69, 9.17) is 0 Å². The maximum Gasteiger partial charge on any atom is 0.237 e. The van der Waals surface area contributed by atoms with Gasteiger partial charge in [0.1, 0.15) is 0 Å². The Morgan fingerprint density at radius 1 is 1.00 bits per heavy atom. The van der Waals surface area contributed by atoms with Crippen LogP contribution in [0.25, 0.3) is 16.8 Å². The topological polar surface area (TPSA) is 55.4 Å². The van der Waals surface area contributed by atoms with Gasteiger partial charge in [-0.3, -0.25) is 9.20 Å². The van der Waals surface area contributed by atoms with E-state index in [1.807, 2.05) is 23.1 Å². The monoisotopic (exact) mass is 419 g/mol. The molecule has 4 aromatic rings. The van der Waals surface area contributed by atoms with Crippen molar-refractivity contribution >= 4 is 34.5 Å². The maximum atomic E-state index is 12.7. The summed E-state index contributed by atoms with van der Waals surface area (Å²) >= 11 is 1.48. The Morgan fingerprint density at radius 2 is 1.70 bits per heavy atom. The van der Waals surface area contributed by atoms with Crippen molar-refractivity contribution in [3.63, 3.8) is 0 Å². The second-order valence-electron chi connectivity index (χ2n) is 8.03. The highest BCUT2D eigenvalue weighted by Gasteiger charge is 2.22. The number of fused-ring (bicyclic) bond motifs is 3. The van der Waals surface area contributed by atoms with Gasteiger partial charge in [-0.2, -0.15) is 0 Å². The van der Waals surface area contributed by atoms with Crippen LogP contribution in [0.5, 0.6) is 0 Å². The van der Waals surface area contributed by atoms with Crippen LogP contribution in [0.2, 0.25) is 0 Å². The number of likely N-dealkylation sites (tertiary alicyclic amines) is 1. The molecule has 2 aromatic carbocycles. The van der Waals surface area contributed by atoms with Crippen molar-refractivity contribution in [2.24, 2.45) is 5.92 Å². The molecule has 0 radical (unpaired) electrons. The number of piperidine rings is 1. The van der Waals surface area contributed by atoms with Gasteiger partial charge < -0.3 is 9.47 Å². The van der Waals surface area contributed by atoms with Crippen LogP contribution in [-0.2, 0) is 11.3 Å². The summed E-state index contributed by atoms with van der Waals surface area (Å²) in [5.41, 5.74) is 3.40. The van der Waals surface area contributed by atoms with E-state index in [0.717, 1.165) is 54.4 Å². The summed E-state index contributed by atoms with van der Waals surface area (Å²) < 4.78 is 4.27. The van der Waals surface area contributed by atoms with Crippen LogP contribution in [0.1, 0.15) is 25.3 Å².